The molecule has 0 unspecified atom stereocenters. The summed E-state index contributed by atoms with van der Waals surface area (Å²) in [6.07, 6.45) is -1.12. The number of halogens is 4. The summed E-state index contributed by atoms with van der Waals surface area (Å²) < 4.78 is 52.8. The van der Waals surface area contributed by atoms with Crippen LogP contribution in [0.2, 0.25) is 0 Å². The molecule has 27 heavy (non-hydrogen) atoms. The van der Waals surface area contributed by atoms with Crippen molar-refractivity contribution >= 4 is 23.1 Å². The minimum absolute atomic E-state index is 0.00626. The fraction of sp³-hybridized carbons (Fsp3) is 0.375. The summed E-state index contributed by atoms with van der Waals surface area (Å²) in [7, 11) is 0. The molecule has 1 aliphatic rings. The zero-order valence-electron chi connectivity index (χ0n) is 13.9. The molecule has 1 saturated carbocycles. The Morgan fingerprint density at radius 3 is 2.48 bits per heavy atom. The molecule has 1 heterocycles. The Kier molecular flexibility index (Phi) is 5.10. The van der Waals surface area contributed by atoms with Gasteiger partial charge in [-0.25, -0.2) is 4.98 Å². The largest absolute Gasteiger partial charge is 0.433 e. The summed E-state index contributed by atoms with van der Waals surface area (Å²) >= 11 is 0. The first-order valence-electron chi connectivity index (χ1n) is 8.16. The number of nitrogens with one attached hydrogen (secondary N) is 2. The number of nitro groups is 1. The Bertz CT molecular complexity index is 853. The molecule has 0 aliphatic heterocycles. The predicted octanol–water partition coefficient (Wildman–Crippen LogP) is 4.64. The molecule has 1 aliphatic carbocycles. The zero-order chi connectivity index (χ0) is 19.6. The van der Waals surface area contributed by atoms with Crippen LogP contribution < -0.4 is 10.6 Å². The number of nitro benzene ring substituents is 1. The van der Waals surface area contributed by atoms with E-state index in [0.717, 1.165) is 37.8 Å². The van der Waals surface area contributed by atoms with Gasteiger partial charge in [-0.2, -0.15) is 22.5 Å². The van der Waals surface area contributed by atoms with E-state index in [1.54, 1.807) is 0 Å². The monoisotopic (exact) mass is 385 g/mol. The van der Waals surface area contributed by atoms with Crippen LogP contribution in [-0.2, 0) is 6.18 Å². The average molecular weight is 385 g/mol. The second-order valence-electron chi connectivity index (χ2n) is 6.13. The Balaban J connectivity index is 1.91. The van der Waals surface area contributed by atoms with Crippen LogP contribution in [-0.4, -0.2) is 20.9 Å². The van der Waals surface area contributed by atoms with Gasteiger partial charge in [0.05, 0.1) is 4.92 Å². The molecule has 11 heteroatoms. The van der Waals surface area contributed by atoms with Crippen molar-refractivity contribution in [2.24, 2.45) is 0 Å². The number of hydrogen-bond donors (Lipinski definition) is 2. The highest BCUT2D eigenvalue weighted by Crippen LogP contribution is 2.32. The van der Waals surface area contributed by atoms with Gasteiger partial charge in [-0.3, -0.25) is 10.1 Å². The molecule has 0 atom stereocenters. The maximum atomic E-state index is 13.4. The Morgan fingerprint density at radius 2 is 1.85 bits per heavy atom. The van der Waals surface area contributed by atoms with Crippen LogP contribution in [0.15, 0.2) is 24.3 Å². The van der Waals surface area contributed by atoms with E-state index >= 15 is 0 Å². The SMILES string of the molecule is O=[N+]([O-])c1cc(Nc2cc(C(F)(F)F)nc(NC3CCCC3)n2)ccc1F. The molecule has 2 N–H and O–H groups in total. The molecule has 2 aromatic rings. The lowest BCUT2D eigenvalue weighted by Gasteiger charge is -2.15. The van der Waals surface area contributed by atoms with Crippen molar-refractivity contribution in [2.75, 3.05) is 10.6 Å². The van der Waals surface area contributed by atoms with Crippen LogP contribution in [0, 0.1) is 15.9 Å². The van der Waals surface area contributed by atoms with Crippen LogP contribution >= 0.6 is 0 Å². The normalized spacial score (nSPS) is 15.0. The fourth-order valence-corrected chi connectivity index (χ4v) is 2.85. The van der Waals surface area contributed by atoms with Crippen molar-refractivity contribution in [3.05, 3.63) is 45.9 Å². The van der Waals surface area contributed by atoms with Crippen molar-refractivity contribution < 1.29 is 22.5 Å². The molecule has 1 fully saturated rings. The standard InChI is InChI=1S/C16H15F4N5O2/c17-11-6-5-10(7-12(11)25(26)27)21-14-8-13(16(18,19)20)23-15(24-14)22-9-3-1-2-4-9/h5-9H,1-4H2,(H2,21,22,23,24). The summed E-state index contributed by atoms with van der Waals surface area (Å²) in [5.74, 6) is -1.44. The van der Waals surface area contributed by atoms with Crippen LogP contribution in [0.4, 0.5) is 40.7 Å². The van der Waals surface area contributed by atoms with Crippen molar-refractivity contribution in [1.29, 1.82) is 0 Å². The topological polar surface area (TPSA) is 93.0 Å². The predicted molar refractivity (Wildman–Crippen MR) is 89.2 cm³/mol. The lowest BCUT2D eigenvalue weighted by atomic mass is 10.2. The molecule has 144 valence electrons. The molecule has 0 bridgehead atoms. The van der Waals surface area contributed by atoms with Gasteiger partial charge < -0.3 is 10.6 Å². The zero-order valence-corrected chi connectivity index (χ0v) is 13.9. The Hall–Kier alpha value is -2.98. The van der Waals surface area contributed by atoms with E-state index in [9.17, 15) is 27.7 Å². The molecule has 0 amide bonds. The number of alkyl halides is 3. The maximum Gasteiger partial charge on any atom is 0.433 e. The Labute approximate surface area is 151 Å². The molecule has 1 aromatic heterocycles. The van der Waals surface area contributed by atoms with Crippen LogP contribution in [0.1, 0.15) is 31.4 Å². The van der Waals surface area contributed by atoms with Gasteiger partial charge in [-0.1, -0.05) is 12.8 Å². The highest BCUT2D eigenvalue weighted by Gasteiger charge is 2.34. The molecule has 1 aromatic carbocycles. The highest BCUT2D eigenvalue weighted by molar-refractivity contribution is 5.61. The van der Waals surface area contributed by atoms with E-state index in [0.29, 0.717) is 6.07 Å². The van der Waals surface area contributed by atoms with E-state index in [1.165, 1.54) is 6.07 Å². The van der Waals surface area contributed by atoms with Gasteiger partial charge in [0.25, 0.3) is 0 Å². The minimum Gasteiger partial charge on any atom is -0.351 e. The maximum absolute atomic E-state index is 13.4. The van der Waals surface area contributed by atoms with E-state index in [1.807, 2.05) is 0 Å². The van der Waals surface area contributed by atoms with Crippen molar-refractivity contribution in [1.82, 2.24) is 9.97 Å². The molecule has 3 rings (SSSR count). The van der Waals surface area contributed by atoms with Crippen LogP contribution in [0.3, 0.4) is 0 Å². The number of benzene rings is 1. The van der Waals surface area contributed by atoms with Gasteiger partial charge >= 0.3 is 11.9 Å². The van der Waals surface area contributed by atoms with Gasteiger partial charge in [0.2, 0.25) is 11.8 Å². The highest BCUT2D eigenvalue weighted by atomic mass is 19.4. The number of nitrogens with zero attached hydrogens (tertiary/aromatic N) is 3. The fourth-order valence-electron chi connectivity index (χ4n) is 2.85. The number of rotatable bonds is 5. The second kappa shape index (κ2) is 7.33. The molecular weight excluding hydrogens is 370 g/mol. The summed E-state index contributed by atoms with van der Waals surface area (Å²) in [4.78, 5) is 17.4. The number of anilines is 3. The third kappa shape index (κ3) is 4.60. The van der Waals surface area contributed by atoms with Crippen molar-refractivity contribution in [3.8, 4) is 0 Å². The van der Waals surface area contributed by atoms with Crippen LogP contribution in [0.25, 0.3) is 0 Å². The molecular formula is C16H15F4N5O2. The van der Waals surface area contributed by atoms with Gasteiger partial charge in [-0.05, 0) is 25.0 Å². The summed E-state index contributed by atoms with van der Waals surface area (Å²) in [6.45, 7) is 0. The third-order valence-corrected chi connectivity index (χ3v) is 4.12. The first-order chi connectivity index (χ1) is 12.7. The van der Waals surface area contributed by atoms with E-state index < -0.39 is 28.3 Å². The smallest absolute Gasteiger partial charge is 0.351 e. The second-order valence-corrected chi connectivity index (χ2v) is 6.13. The molecule has 0 saturated heterocycles. The van der Waals surface area contributed by atoms with E-state index in [-0.39, 0.29) is 23.5 Å². The van der Waals surface area contributed by atoms with E-state index in [2.05, 4.69) is 20.6 Å². The first kappa shape index (κ1) is 18.8. The molecule has 7 nitrogen and oxygen atoms in total. The summed E-state index contributed by atoms with van der Waals surface area (Å²) in [5, 5.41) is 16.2. The van der Waals surface area contributed by atoms with E-state index in [4.69, 9.17) is 0 Å². The number of aromatic nitrogens is 2. The lowest BCUT2D eigenvalue weighted by molar-refractivity contribution is -0.387. The quantitative estimate of drug-likeness (QED) is 0.442. The third-order valence-electron chi connectivity index (χ3n) is 4.12. The van der Waals surface area contributed by atoms with Gasteiger partial charge in [0.15, 0.2) is 5.69 Å². The van der Waals surface area contributed by atoms with Gasteiger partial charge in [-0.15, -0.1) is 0 Å². The van der Waals surface area contributed by atoms with Gasteiger partial charge in [0.1, 0.15) is 5.82 Å². The summed E-state index contributed by atoms with van der Waals surface area (Å²) in [5.41, 5.74) is -1.92. The van der Waals surface area contributed by atoms with Gasteiger partial charge in [0, 0.05) is 23.9 Å². The first-order valence-corrected chi connectivity index (χ1v) is 8.16. The Morgan fingerprint density at radius 1 is 1.15 bits per heavy atom. The van der Waals surface area contributed by atoms with Crippen molar-refractivity contribution in [2.45, 2.75) is 37.9 Å². The molecule has 0 spiro atoms. The number of hydrogen-bond acceptors (Lipinski definition) is 6. The minimum atomic E-state index is -4.69. The lowest BCUT2D eigenvalue weighted by Crippen LogP contribution is -2.19. The molecule has 0 radical (unpaired) electrons. The summed E-state index contributed by atoms with van der Waals surface area (Å²) in [6, 6.07) is 3.59. The van der Waals surface area contributed by atoms with Crippen molar-refractivity contribution in [3.63, 3.8) is 0 Å². The van der Waals surface area contributed by atoms with Crippen LogP contribution in [0.5, 0.6) is 0 Å². The average Bonchev–Trinajstić information content (AvgIpc) is 3.08.